The summed E-state index contributed by atoms with van der Waals surface area (Å²) in [5, 5.41) is 13.7. The normalized spacial score (nSPS) is 17.7. The number of carbonyl (C=O) groups excluding carboxylic acids is 1. The van der Waals surface area contributed by atoms with Gasteiger partial charge in [0.2, 0.25) is 5.91 Å². The van der Waals surface area contributed by atoms with E-state index in [0.29, 0.717) is 11.1 Å². The van der Waals surface area contributed by atoms with E-state index in [1.165, 1.54) is 23.1 Å². The van der Waals surface area contributed by atoms with Crippen LogP contribution >= 0.6 is 11.6 Å². The fraction of sp³-hybridized carbons (Fsp3) is 0.350. The van der Waals surface area contributed by atoms with E-state index >= 15 is 0 Å². The topological polar surface area (TPSA) is 52.6 Å². The number of hydrogen-bond acceptors (Lipinski definition) is 3. The largest absolute Gasteiger partial charge is 0.389 e. The molecular weight excluding hydrogens is 374 g/mol. The second-order valence-electron chi connectivity index (χ2n) is 7.21. The minimum atomic E-state index is -1.11. The first-order valence-electron chi connectivity index (χ1n) is 8.59. The fourth-order valence-electron chi connectivity index (χ4n) is 3.66. The number of hydrogen-bond donors (Lipinski definition) is 2. The van der Waals surface area contributed by atoms with Crippen LogP contribution in [0.1, 0.15) is 31.0 Å². The number of para-hydroxylation sites is 1. The molecule has 0 radical (unpaired) electrons. The summed E-state index contributed by atoms with van der Waals surface area (Å²) in [7, 11) is 1.64. The Bertz CT molecular complexity index is 868. The molecule has 2 atom stereocenters. The van der Waals surface area contributed by atoms with E-state index in [9.17, 15) is 18.7 Å². The van der Waals surface area contributed by atoms with E-state index in [0.717, 1.165) is 6.07 Å². The van der Waals surface area contributed by atoms with Gasteiger partial charge in [0.15, 0.2) is 0 Å². The number of fused-ring (bicyclic) bond motifs is 1. The quantitative estimate of drug-likeness (QED) is 0.815. The molecule has 2 aromatic rings. The molecule has 0 spiro atoms. The molecule has 0 aromatic heterocycles. The molecule has 144 valence electrons. The molecule has 4 nitrogen and oxygen atoms in total. The van der Waals surface area contributed by atoms with Crippen LogP contribution < -0.4 is 10.2 Å². The van der Waals surface area contributed by atoms with Crippen LogP contribution in [-0.2, 0) is 10.2 Å². The molecule has 2 N–H and O–H groups in total. The molecule has 0 saturated carbocycles. The van der Waals surface area contributed by atoms with Gasteiger partial charge in [-0.2, -0.15) is 0 Å². The van der Waals surface area contributed by atoms with Gasteiger partial charge in [0.25, 0.3) is 0 Å². The smallest absolute Gasteiger partial charge is 0.237 e. The molecule has 0 aliphatic carbocycles. The number of aliphatic hydroxyl groups is 1. The Morgan fingerprint density at radius 2 is 1.96 bits per heavy atom. The van der Waals surface area contributed by atoms with Crippen LogP contribution in [0.2, 0.25) is 5.02 Å². The van der Waals surface area contributed by atoms with Gasteiger partial charge in [-0.1, -0.05) is 23.7 Å². The SMILES string of the molecule is CNC[C@H](O)[C@H](c1cc(F)cc(Cl)c1)N1C(=O)C(C)(C)c2cccc(F)c21. The monoisotopic (exact) mass is 394 g/mol. The summed E-state index contributed by atoms with van der Waals surface area (Å²) < 4.78 is 28.7. The number of amides is 1. The third-order valence-electron chi connectivity index (χ3n) is 4.94. The van der Waals surface area contributed by atoms with Crippen molar-refractivity contribution >= 4 is 23.2 Å². The second-order valence-corrected chi connectivity index (χ2v) is 7.65. The Kier molecular flexibility index (Phi) is 5.25. The van der Waals surface area contributed by atoms with Crippen molar-refractivity contribution in [1.82, 2.24) is 5.32 Å². The maximum absolute atomic E-state index is 14.8. The summed E-state index contributed by atoms with van der Waals surface area (Å²) in [6.45, 7) is 3.52. The van der Waals surface area contributed by atoms with Crippen molar-refractivity contribution < 1.29 is 18.7 Å². The zero-order chi connectivity index (χ0) is 19.9. The fourth-order valence-corrected chi connectivity index (χ4v) is 3.89. The standard InChI is InChI=1S/C20H21ClF2N2O2/c1-20(2)14-5-4-6-15(23)18(14)25(19(20)27)17(16(26)10-24-3)11-7-12(21)9-13(22)8-11/h4-9,16-17,24,26H,10H2,1-3H3/t16-,17-/m0/s1. The molecule has 0 bridgehead atoms. The molecule has 1 aliphatic heterocycles. The summed E-state index contributed by atoms with van der Waals surface area (Å²) in [5.41, 5.74) is -0.0562. The van der Waals surface area contributed by atoms with Gasteiger partial charge in [0, 0.05) is 11.6 Å². The zero-order valence-corrected chi connectivity index (χ0v) is 16.0. The molecule has 1 aliphatic rings. The molecule has 3 rings (SSSR count). The molecule has 0 unspecified atom stereocenters. The lowest BCUT2D eigenvalue weighted by Crippen LogP contribution is -2.45. The number of likely N-dealkylation sites (N-methyl/N-ethyl adjacent to an activating group) is 1. The van der Waals surface area contributed by atoms with E-state index in [1.807, 2.05) is 0 Å². The first-order chi connectivity index (χ1) is 12.7. The van der Waals surface area contributed by atoms with Crippen molar-refractivity contribution in [2.75, 3.05) is 18.5 Å². The number of nitrogens with zero attached hydrogens (tertiary/aromatic N) is 1. The van der Waals surface area contributed by atoms with Gasteiger partial charge in [-0.15, -0.1) is 0 Å². The van der Waals surface area contributed by atoms with Gasteiger partial charge in [-0.25, -0.2) is 8.78 Å². The third-order valence-corrected chi connectivity index (χ3v) is 5.16. The molecular formula is C20H21ClF2N2O2. The van der Waals surface area contributed by atoms with Crippen molar-refractivity contribution in [3.05, 3.63) is 64.2 Å². The highest BCUT2D eigenvalue weighted by Crippen LogP contribution is 2.47. The van der Waals surface area contributed by atoms with Crippen molar-refractivity contribution in [2.24, 2.45) is 0 Å². The lowest BCUT2D eigenvalue weighted by Gasteiger charge is -2.34. The number of anilines is 1. The van der Waals surface area contributed by atoms with E-state index in [-0.39, 0.29) is 23.2 Å². The Morgan fingerprint density at radius 1 is 1.26 bits per heavy atom. The molecule has 1 amide bonds. The minimum Gasteiger partial charge on any atom is -0.389 e. The van der Waals surface area contributed by atoms with E-state index in [1.54, 1.807) is 33.0 Å². The van der Waals surface area contributed by atoms with Crippen molar-refractivity contribution in [1.29, 1.82) is 0 Å². The van der Waals surface area contributed by atoms with Crippen LogP contribution in [0.4, 0.5) is 14.5 Å². The average Bonchev–Trinajstić information content (AvgIpc) is 2.77. The summed E-state index contributed by atoms with van der Waals surface area (Å²) in [4.78, 5) is 14.5. The van der Waals surface area contributed by atoms with E-state index in [4.69, 9.17) is 11.6 Å². The maximum Gasteiger partial charge on any atom is 0.237 e. The number of nitrogens with one attached hydrogen (secondary N) is 1. The Morgan fingerprint density at radius 3 is 2.59 bits per heavy atom. The van der Waals surface area contributed by atoms with Crippen molar-refractivity contribution in [2.45, 2.75) is 31.4 Å². The zero-order valence-electron chi connectivity index (χ0n) is 15.3. The predicted molar refractivity (Wildman–Crippen MR) is 101 cm³/mol. The highest BCUT2D eigenvalue weighted by atomic mass is 35.5. The van der Waals surface area contributed by atoms with Crippen molar-refractivity contribution in [3.8, 4) is 0 Å². The van der Waals surface area contributed by atoms with Gasteiger partial charge in [0.1, 0.15) is 11.6 Å². The second kappa shape index (κ2) is 7.19. The molecule has 0 saturated heterocycles. The number of carbonyl (C=O) groups is 1. The summed E-state index contributed by atoms with van der Waals surface area (Å²) in [5.74, 6) is -1.54. The van der Waals surface area contributed by atoms with Gasteiger partial charge in [0.05, 0.1) is 23.2 Å². The van der Waals surface area contributed by atoms with Crippen LogP contribution in [0.15, 0.2) is 36.4 Å². The van der Waals surface area contributed by atoms with Crippen molar-refractivity contribution in [3.63, 3.8) is 0 Å². The molecule has 7 heteroatoms. The molecule has 0 fully saturated rings. The average molecular weight is 395 g/mol. The summed E-state index contributed by atoms with van der Waals surface area (Å²) >= 11 is 5.99. The maximum atomic E-state index is 14.8. The number of rotatable bonds is 5. The lowest BCUT2D eigenvalue weighted by atomic mass is 9.86. The first kappa shape index (κ1) is 19.7. The van der Waals surface area contributed by atoms with Gasteiger partial charge in [-0.3, -0.25) is 9.69 Å². The van der Waals surface area contributed by atoms with Gasteiger partial charge < -0.3 is 10.4 Å². The highest BCUT2D eigenvalue weighted by molar-refractivity contribution is 6.30. The predicted octanol–water partition coefficient (Wildman–Crippen LogP) is 3.56. The molecule has 2 aromatic carbocycles. The third kappa shape index (κ3) is 3.33. The number of aliphatic hydroxyl groups excluding tert-OH is 1. The van der Waals surface area contributed by atoms with Crippen LogP contribution in [0.25, 0.3) is 0 Å². The minimum absolute atomic E-state index is 0.105. The van der Waals surface area contributed by atoms with Crippen LogP contribution in [-0.4, -0.2) is 30.7 Å². The Hall–Kier alpha value is -2.02. The summed E-state index contributed by atoms with van der Waals surface area (Å²) in [6.07, 6.45) is -1.11. The Labute approximate surface area is 161 Å². The first-order valence-corrected chi connectivity index (χ1v) is 8.97. The number of halogens is 3. The molecule has 27 heavy (non-hydrogen) atoms. The van der Waals surface area contributed by atoms with E-state index in [2.05, 4.69) is 5.32 Å². The van der Waals surface area contributed by atoms with Gasteiger partial charge >= 0.3 is 0 Å². The van der Waals surface area contributed by atoms with Crippen LogP contribution in [0, 0.1) is 11.6 Å². The van der Waals surface area contributed by atoms with Gasteiger partial charge in [-0.05, 0) is 56.3 Å². The highest BCUT2D eigenvalue weighted by Gasteiger charge is 2.49. The number of benzene rings is 2. The van der Waals surface area contributed by atoms with Crippen LogP contribution in [0.3, 0.4) is 0 Å². The summed E-state index contributed by atoms with van der Waals surface area (Å²) in [6, 6.07) is 7.32. The van der Waals surface area contributed by atoms with E-state index < -0.39 is 29.2 Å². The lowest BCUT2D eigenvalue weighted by molar-refractivity contribution is -0.123. The Balaban J connectivity index is 2.23. The van der Waals surface area contributed by atoms with Crippen LogP contribution in [0.5, 0.6) is 0 Å². The molecule has 1 heterocycles.